The highest BCUT2D eigenvalue weighted by Gasteiger charge is 2.22. The summed E-state index contributed by atoms with van der Waals surface area (Å²) >= 11 is 0. The van der Waals surface area contributed by atoms with Crippen LogP contribution in [0.3, 0.4) is 0 Å². The zero-order chi connectivity index (χ0) is 17.8. The Balaban J connectivity index is 1.71. The summed E-state index contributed by atoms with van der Waals surface area (Å²) in [7, 11) is 1.64. The van der Waals surface area contributed by atoms with Gasteiger partial charge in [0.1, 0.15) is 11.6 Å². The van der Waals surface area contributed by atoms with Crippen LogP contribution in [0.4, 0.5) is 17.6 Å². The van der Waals surface area contributed by atoms with Crippen molar-refractivity contribution in [2.45, 2.75) is 26.8 Å². The lowest BCUT2D eigenvalue weighted by molar-refractivity contribution is 0.131. The summed E-state index contributed by atoms with van der Waals surface area (Å²) in [6, 6.07) is 7.58. The third kappa shape index (κ3) is 4.79. The Labute approximate surface area is 148 Å². The van der Waals surface area contributed by atoms with Crippen LogP contribution in [0.15, 0.2) is 24.3 Å². The van der Waals surface area contributed by atoms with E-state index in [0.29, 0.717) is 30.2 Å². The summed E-state index contributed by atoms with van der Waals surface area (Å²) in [5, 5.41) is 3.17. The molecule has 2 atom stereocenters. The average molecular weight is 342 g/mol. The molecule has 1 aromatic heterocycles. The van der Waals surface area contributed by atoms with E-state index in [1.54, 1.807) is 7.11 Å². The van der Waals surface area contributed by atoms with Crippen LogP contribution in [0.25, 0.3) is 0 Å². The molecule has 3 rings (SSSR count). The van der Waals surface area contributed by atoms with Gasteiger partial charge in [0.05, 0.1) is 13.7 Å². The van der Waals surface area contributed by atoms with E-state index >= 15 is 0 Å². The predicted octanol–water partition coefficient (Wildman–Crippen LogP) is 2.68. The van der Waals surface area contributed by atoms with Crippen molar-refractivity contribution in [1.82, 2.24) is 19.9 Å². The van der Waals surface area contributed by atoms with Crippen molar-refractivity contribution in [2.75, 3.05) is 31.2 Å². The van der Waals surface area contributed by atoms with Gasteiger partial charge in [-0.3, -0.25) is 4.90 Å². The van der Waals surface area contributed by atoms with Crippen molar-refractivity contribution >= 4 is 17.6 Å². The lowest BCUT2D eigenvalue weighted by atomic mass is 9.92. The first kappa shape index (κ1) is 17.4. The number of rotatable bonds is 5. The van der Waals surface area contributed by atoms with Crippen LogP contribution in [0.5, 0.6) is 5.75 Å². The SMILES string of the molecule is COc1ccc(Nc2nc(N)nc(CN3C[C@H](C)C[C@H](C)C3)n2)cc1. The van der Waals surface area contributed by atoms with Gasteiger partial charge in [0.2, 0.25) is 11.9 Å². The molecular weight excluding hydrogens is 316 g/mol. The maximum Gasteiger partial charge on any atom is 0.232 e. The number of nitrogens with two attached hydrogens (primary N) is 1. The van der Waals surface area contributed by atoms with Crippen molar-refractivity contribution in [3.05, 3.63) is 30.1 Å². The van der Waals surface area contributed by atoms with E-state index in [1.165, 1.54) is 6.42 Å². The van der Waals surface area contributed by atoms with E-state index < -0.39 is 0 Å². The van der Waals surface area contributed by atoms with Crippen molar-refractivity contribution in [3.8, 4) is 5.75 Å². The van der Waals surface area contributed by atoms with Gasteiger partial charge in [-0.2, -0.15) is 15.0 Å². The van der Waals surface area contributed by atoms with Crippen LogP contribution in [0.1, 0.15) is 26.1 Å². The van der Waals surface area contributed by atoms with Crippen LogP contribution in [-0.4, -0.2) is 40.1 Å². The molecule has 1 aromatic carbocycles. The Bertz CT molecular complexity index is 695. The van der Waals surface area contributed by atoms with Gasteiger partial charge in [0.25, 0.3) is 0 Å². The van der Waals surface area contributed by atoms with Crippen LogP contribution >= 0.6 is 0 Å². The number of methoxy groups -OCH3 is 1. The van der Waals surface area contributed by atoms with Gasteiger partial charge in [-0.15, -0.1) is 0 Å². The molecule has 2 heterocycles. The van der Waals surface area contributed by atoms with Gasteiger partial charge in [-0.05, 0) is 42.5 Å². The van der Waals surface area contributed by atoms with Crippen LogP contribution in [0.2, 0.25) is 0 Å². The highest BCUT2D eigenvalue weighted by atomic mass is 16.5. The number of nitrogens with zero attached hydrogens (tertiary/aromatic N) is 4. The molecule has 0 radical (unpaired) electrons. The van der Waals surface area contributed by atoms with E-state index in [2.05, 4.69) is 39.0 Å². The third-order valence-electron chi connectivity index (χ3n) is 4.35. The standard InChI is InChI=1S/C18H26N6O/c1-12-8-13(2)10-24(9-12)11-16-21-17(19)23-18(22-16)20-14-4-6-15(25-3)7-5-14/h4-7,12-13H,8-11H2,1-3H3,(H3,19,20,21,22,23)/t12-,13+. The number of benzene rings is 1. The monoisotopic (exact) mass is 342 g/mol. The molecule has 7 nitrogen and oxygen atoms in total. The van der Waals surface area contributed by atoms with E-state index in [0.717, 1.165) is 24.5 Å². The summed E-state index contributed by atoms with van der Waals surface area (Å²) in [6.45, 7) is 7.41. The molecule has 0 saturated carbocycles. The fourth-order valence-electron chi connectivity index (χ4n) is 3.49. The molecule has 0 amide bonds. The van der Waals surface area contributed by atoms with E-state index in [1.807, 2.05) is 24.3 Å². The summed E-state index contributed by atoms with van der Waals surface area (Å²) < 4.78 is 5.16. The van der Waals surface area contributed by atoms with Gasteiger partial charge in [-0.1, -0.05) is 13.8 Å². The number of hydrogen-bond acceptors (Lipinski definition) is 7. The molecule has 1 aliphatic rings. The second kappa shape index (κ2) is 7.65. The second-order valence-electron chi connectivity index (χ2n) is 6.93. The van der Waals surface area contributed by atoms with Crippen molar-refractivity contribution in [2.24, 2.45) is 11.8 Å². The molecule has 0 aliphatic carbocycles. The smallest absolute Gasteiger partial charge is 0.232 e. The molecular formula is C18H26N6O. The third-order valence-corrected chi connectivity index (χ3v) is 4.35. The number of aromatic nitrogens is 3. The van der Waals surface area contributed by atoms with E-state index in [9.17, 15) is 0 Å². The molecule has 2 aromatic rings. The minimum Gasteiger partial charge on any atom is -0.497 e. The fraction of sp³-hybridized carbons (Fsp3) is 0.500. The van der Waals surface area contributed by atoms with Gasteiger partial charge in [0, 0.05) is 18.8 Å². The Morgan fingerprint density at radius 2 is 1.80 bits per heavy atom. The predicted molar refractivity (Wildman–Crippen MR) is 98.7 cm³/mol. The zero-order valence-electron chi connectivity index (χ0n) is 15.1. The molecule has 0 spiro atoms. The summed E-state index contributed by atoms with van der Waals surface area (Å²) in [5.74, 6) is 3.59. The van der Waals surface area contributed by atoms with Gasteiger partial charge < -0.3 is 15.8 Å². The quantitative estimate of drug-likeness (QED) is 0.863. The zero-order valence-corrected chi connectivity index (χ0v) is 15.1. The first-order valence-electron chi connectivity index (χ1n) is 8.65. The number of nitrogen functional groups attached to an aromatic ring is 1. The Morgan fingerprint density at radius 1 is 1.12 bits per heavy atom. The summed E-state index contributed by atoms with van der Waals surface area (Å²) in [5.41, 5.74) is 6.75. The molecule has 1 fully saturated rings. The van der Waals surface area contributed by atoms with Gasteiger partial charge in [0.15, 0.2) is 0 Å². The maximum atomic E-state index is 5.88. The minimum absolute atomic E-state index is 0.235. The Morgan fingerprint density at radius 3 is 2.44 bits per heavy atom. The Hall–Kier alpha value is -2.41. The van der Waals surface area contributed by atoms with Gasteiger partial charge in [-0.25, -0.2) is 0 Å². The second-order valence-corrected chi connectivity index (χ2v) is 6.93. The topological polar surface area (TPSA) is 89.2 Å². The van der Waals surface area contributed by atoms with Crippen LogP contribution in [0, 0.1) is 11.8 Å². The van der Waals surface area contributed by atoms with Gasteiger partial charge >= 0.3 is 0 Å². The van der Waals surface area contributed by atoms with Crippen molar-refractivity contribution in [3.63, 3.8) is 0 Å². The summed E-state index contributed by atoms with van der Waals surface area (Å²) in [4.78, 5) is 15.4. The highest BCUT2D eigenvalue weighted by molar-refractivity contribution is 5.55. The average Bonchev–Trinajstić information content (AvgIpc) is 2.54. The van der Waals surface area contributed by atoms with Crippen LogP contribution in [-0.2, 0) is 6.54 Å². The molecule has 3 N–H and O–H groups in total. The molecule has 134 valence electrons. The number of likely N-dealkylation sites (tertiary alicyclic amines) is 1. The molecule has 1 saturated heterocycles. The number of hydrogen-bond donors (Lipinski definition) is 2. The number of piperidine rings is 1. The lowest BCUT2D eigenvalue weighted by Gasteiger charge is -2.34. The molecule has 0 unspecified atom stereocenters. The van der Waals surface area contributed by atoms with E-state index in [4.69, 9.17) is 10.5 Å². The molecule has 1 aliphatic heterocycles. The first-order valence-corrected chi connectivity index (χ1v) is 8.65. The molecule has 7 heteroatoms. The largest absolute Gasteiger partial charge is 0.497 e. The normalized spacial score (nSPS) is 21.1. The summed E-state index contributed by atoms with van der Waals surface area (Å²) in [6.07, 6.45) is 1.28. The highest BCUT2D eigenvalue weighted by Crippen LogP contribution is 2.22. The van der Waals surface area contributed by atoms with Crippen molar-refractivity contribution < 1.29 is 4.74 Å². The fourth-order valence-corrected chi connectivity index (χ4v) is 3.49. The van der Waals surface area contributed by atoms with E-state index in [-0.39, 0.29) is 5.95 Å². The van der Waals surface area contributed by atoms with Crippen molar-refractivity contribution in [1.29, 1.82) is 0 Å². The molecule has 0 bridgehead atoms. The minimum atomic E-state index is 0.235. The maximum absolute atomic E-state index is 5.88. The number of ether oxygens (including phenoxy) is 1. The lowest BCUT2D eigenvalue weighted by Crippen LogP contribution is -2.38. The molecule has 25 heavy (non-hydrogen) atoms. The van der Waals surface area contributed by atoms with Crippen LogP contribution < -0.4 is 15.8 Å². The number of nitrogens with one attached hydrogen (secondary N) is 1. The first-order chi connectivity index (χ1) is 12.0. The number of anilines is 3. The Kier molecular flexibility index (Phi) is 5.33.